The van der Waals surface area contributed by atoms with Crippen molar-refractivity contribution in [3.63, 3.8) is 0 Å². The summed E-state index contributed by atoms with van der Waals surface area (Å²) >= 11 is 0. The molecule has 0 amide bonds. The number of aliphatic carboxylic acids is 1. The van der Waals surface area contributed by atoms with Gasteiger partial charge in [-0.3, -0.25) is 4.79 Å². The Bertz CT molecular complexity index is 249. The monoisotopic (exact) mass is 226 g/mol. The molecule has 4 heteroatoms. The van der Waals surface area contributed by atoms with Gasteiger partial charge in [-0.1, -0.05) is 0 Å². The van der Waals surface area contributed by atoms with Gasteiger partial charge in [-0.15, -0.1) is 0 Å². The summed E-state index contributed by atoms with van der Waals surface area (Å²) in [6, 6.07) is 0.663. The number of nitrogens with zero attached hydrogens (tertiary/aromatic N) is 2. The van der Waals surface area contributed by atoms with Crippen molar-refractivity contribution in [2.45, 2.75) is 31.7 Å². The molecule has 92 valence electrons. The number of hydrogen-bond acceptors (Lipinski definition) is 3. The third-order valence-electron chi connectivity index (χ3n) is 4.09. The fourth-order valence-electron chi connectivity index (χ4n) is 3.08. The molecule has 0 radical (unpaired) electrons. The lowest BCUT2D eigenvalue weighted by molar-refractivity contribution is -0.137. The number of carboxylic acids is 1. The first-order chi connectivity index (χ1) is 7.66. The lowest BCUT2D eigenvalue weighted by Crippen LogP contribution is -2.56. The van der Waals surface area contributed by atoms with Crippen LogP contribution < -0.4 is 0 Å². The summed E-state index contributed by atoms with van der Waals surface area (Å²) in [5.41, 5.74) is 0. The molecule has 3 heterocycles. The Morgan fingerprint density at radius 2 is 2.12 bits per heavy atom. The molecule has 3 fully saturated rings. The number of fused-ring (bicyclic) bond motifs is 3. The van der Waals surface area contributed by atoms with Crippen LogP contribution in [0, 0.1) is 5.92 Å². The van der Waals surface area contributed by atoms with Crippen LogP contribution in [-0.4, -0.2) is 60.1 Å². The van der Waals surface area contributed by atoms with Crippen molar-refractivity contribution >= 4 is 5.97 Å². The molecule has 0 aromatic carbocycles. The SMILES string of the molecule is CN(CCCC(=O)O)C1CN2CCC1CC2. The average Bonchev–Trinajstić information content (AvgIpc) is 2.30. The average molecular weight is 226 g/mol. The van der Waals surface area contributed by atoms with E-state index in [4.69, 9.17) is 5.11 Å². The minimum atomic E-state index is -0.678. The minimum Gasteiger partial charge on any atom is -0.481 e. The molecule has 2 bridgehead atoms. The lowest BCUT2D eigenvalue weighted by atomic mass is 9.83. The Kier molecular flexibility index (Phi) is 3.82. The molecule has 3 aliphatic rings. The first-order valence-electron chi connectivity index (χ1n) is 6.31. The summed E-state index contributed by atoms with van der Waals surface area (Å²) < 4.78 is 0. The first-order valence-corrected chi connectivity index (χ1v) is 6.31. The number of likely N-dealkylation sites (N-methyl/N-ethyl adjacent to an activating group) is 1. The van der Waals surface area contributed by atoms with Gasteiger partial charge in [0.1, 0.15) is 0 Å². The van der Waals surface area contributed by atoms with E-state index < -0.39 is 5.97 Å². The minimum absolute atomic E-state index is 0.297. The topological polar surface area (TPSA) is 43.8 Å². The number of carbonyl (C=O) groups is 1. The molecule has 0 aromatic rings. The molecule has 0 aliphatic carbocycles. The summed E-state index contributed by atoms with van der Waals surface area (Å²) in [4.78, 5) is 15.4. The van der Waals surface area contributed by atoms with Crippen LogP contribution in [0.15, 0.2) is 0 Å². The zero-order valence-corrected chi connectivity index (χ0v) is 10.1. The lowest BCUT2D eigenvalue weighted by Gasteiger charge is -2.48. The van der Waals surface area contributed by atoms with Crippen LogP contribution in [0.3, 0.4) is 0 Å². The number of carboxylic acid groups (broad SMARTS) is 1. The summed E-state index contributed by atoms with van der Waals surface area (Å²) in [6.45, 7) is 4.64. The molecule has 3 saturated heterocycles. The van der Waals surface area contributed by atoms with Gasteiger partial charge >= 0.3 is 5.97 Å². The molecular formula is C12H22N2O2. The van der Waals surface area contributed by atoms with Gasteiger partial charge in [0.2, 0.25) is 0 Å². The van der Waals surface area contributed by atoms with Crippen molar-refractivity contribution in [3.05, 3.63) is 0 Å². The zero-order valence-electron chi connectivity index (χ0n) is 10.1. The van der Waals surface area contributed by atoms with Crippen molar-refractivity contribution < 1.29 is 9.90 Å². The fraction of sp³-hybridized carbons (Fsp3) is 0.917. The summed E-state index contributed by atoms with van der Waals surface area (Å²) in [6.07, 6.45) is 3.72. The Hall–Kier alpha value is -0.610. The van der Waals surface area contributed by atoms with Crippen molar-refractivity contribution in [1.82, 2.24) is 9.80 Å². The van der Waals surface area contributed by atoms with Gasteiger partial charge in [0.15, 0.2) is 0 Å². The van der Waals surface area contributed by atoms with Gasteiger partial charge < -0.3 is 14.9 Å². The Morgan fingerprint density at radius 3 is 2.62 bits per heavy atom. The molecule has 1 atom stereocenters. The summed E-state index contributed by atoms with van der Waals surface area (Å²) in [5, 5.41) is 8.62. The highest BCUT2D eigenvalue weighted by molar-refractivity contribution is 5.66. The molecule has 1 N–H and O–H groups in total. The molecular weight excluding hydrogens is 204 g/mol. The van der Waals surface area contributed by atoms with Crippen LogP contribution >= 0.6 is 0 Å². The predicted molar refractivity (Wildman–Crippen MR) is 62.5 cm³/mol. The maximum absolute atomic E-state index is 10.5. The van der Waals surface area contributed by atoms with E-state index >= 15 is 0 Å². The molecule has 0 aromatic heterocycles. The number of rotatable bonds is 5. The molecule has 1 unspecified atom stereocenters. The van der Waals surface area contributed by atoms with Gasteiger partial charge in [-0.05, 0) is 51.9 Å². The molecule has 0 saturated carbocycles. The van der Waals surface area contributed by atoms with Crippen LogP contribution in [0.5, 0.6) is 0 Å². The van der Waals surface area contributed by atoms with E-state index in [1.165, 1.54) is 32.5 Å². The normalized spacial score (nSPS) is 33.2. The van der Waals surface area contributed by atoms with Gasteiger partial charge in [-0.25, -0.2) is 0 Å². The predicted octanol–water partition coefficient (Wildman–Crippen LogP) is 0.877. The molecule has 16 heavy (non-hydrogen) atoms. The third kappa shape index (κ3) is 2.74. The smallest absolute Gasteiger partial charge is 0.303 e. The van der Waals surface area contributed by atoms with Crippen LogP contribution in [0.25, 0.3) is 0 Å². The maximum Gasteiger partial charge on any atom is 0.303 e. The van der Waals surface area contributed by atoms with Crippen LogP contribution in [0.4, 0.5) is 0 Å². The summed E-state index contributed by atoms with van der Waals surface area (Å²) in [7, 11) is 2.15. The van der Waals surface area contributed by atoms with Crippen LogP contribution in [0.2, 0.25) is 0 Å². The van der Waals surface area contributed by atoms with Gasteiger partial charge in [0.25, 0.3) is 0 Å². The van der Waals surface area contributed by atoms with E-state index in [2.05, 4.69) is 16.8 Å². The zero-order chi connectivity index (χ0) is 11.5. The van der Waals surface area contributed by atoms with E-state index in [-0.39, 0.29) is 0 Å². The van der Waals surface area contributed by atoms with Crippen molar-refractivity contribution in [3.8, 4) is 0 Å². The van der Waals surface area contributed by atoms with Gasteiger partial charge in [-0.2, -0.15) is 0 Å². The maximum atomic E-state index is 10.5. The summed E-state index contributed by atoms with van der Waals surface area (Å²) in [5.74, 6) is 0.169. The Morgan fingerprint density at radius 1 is 1.44 bits per heavy atom. The first kappa shape index (κ1) is 11.9. The molecule has 3 aliphatic heterocycles. The highest BCUT2D eigenvalue weighted by Crippen LogP contribution is 2.30. The van der Waals surface area contributed by atoms with E-state index in [0.717, 1.165) is 18.9 Å². The van der Waals surface area contributed by atoms with Crippen LogP contribution in [0.1, 0.15) is 25.7 Å². The highest BCUT2D eigenvalue weighted by atomic mass is 16.4. The second-order valence-corrected chi connectivity index (χ2v) is 5.18. The van der Waals surface area contributed by atoms with E-state index in [1.807, 2.05) is 0 Å². The van der Waals surface area contributed by atoms with Crippen LogP contribution in [-0.2, 0) is 4.79 Å². The number of piperidine rings is 3. The van der Waals surface area contributed by atoms with Crippen molar-refractivity contribution in [2.75, 3.05) is 33.2 Å². The van der Waals surface area contributed by atoms with E-state index in [1.54, 1.807) is 0 Å². The van der Waals surface area contributed by atoms with Crippen molar-refractivity contribution in [1.29, 1.82) is 0 Å². The van der Waals surface area contributed by atoms with Crippen molar-refractivity contribution in [2.24, 2.45) is 5.92 Å². The Labute approximate surface area is 97.2 Å². The third-order valence-corrected chi connectivity index (χ3v) is 4.09. The fourth-order valence-corrected chi connectivity index (χ4v) is 3.08. The quantitative estimate of drug-likeness (QED) is 0.755. The standard InChI is InChI=1S/C12H22N2O2/c1-13(6-2-3-12(15)16)11-9-14-7-4-10(11)5-8-14/h10-11H,2-9H2,1H3,(H,15,16). The second-order valence-electron chi connectivity index (χ2n) is 5.18. The molecule has 3 rings (SSSR count). The Balaban J connectivity index is 1.76. The van der Waals surface area contributed by atoms with E-state index in [0.29, 0.717) is 12.5 Å². The second kappa shape index (κ2) is 5.15. The van der Waals surface area contributed by atoms with Gasteiger partial charge in [0.05, 0.1) is 0 Å². The molecule has 4 nitrogen and oxygen atoms in total. The highest BCUT2D eigenvalue weighted by Gasteiger charge is 2.35. The molecule has 0 spiro atoms. The van der Waals surface area contributed by atoms with E-state index in [9.17, 15) is 4.79 Å². The number of hydrogen-bond donors (Lipinski definition) is 1. The van der Waals surface area contributed by atoms with Gasteiger partial charge in [0, 0.05) is 19.0 Å². The largest absolute Gasteiger partial charge is 0.481 e.